The second-order valence-electron chi connectivity index (χ2n) is 4.45. The Morgan fingerprint density at radius 1 is 1.61 bits per heavy atom. The van der Waals surface area contributed by atoms with Crippen LogP contribution in [0, 0.1) is 6.92 Å². The maximum atomic E-state index is 12.0. The second-order valence-corrected chi connectivity index (χ2v) is 4.45. The first-order chi connectivity index (χ1) is 8.52. The van der Waals surface area contributed by atoms with Gasteiger partial charge >= 0.3 is 0 Å². The molecule has 18 heavy (non-hydrogen) atoms. The number of nitrogens with zero attached hydrogens (tertiary/aromatic N) is 2. The van der Waals surface area contributed by atoms with Gasteiger partial charge in [0, 0.05) is 20.0 Å². The first-order valence-corrected chi connectivity index (χ1v) is 6.05. The zero-order chi connectivity index (χ0) is 13.3. The molecule has 0 saturated carbocycles. The van der Waals surface area contributed by atoms with Crippen molar-refractivity contribution in [1.82, 2.24) is 15.2 Å². The van der Waals surface area contributed by atoms with E-state index in [2.05, 4.69) is 10.3 Å². The molecule has 6 heteroatoms. The van der Waals surface area contributed by atoms with Gasteiger partial charge in [0.25, 0.3) is 5.91 Å². The van der Waals surface area contributed by atoms with E-state index < -0.39 is 6.04 Å². The number of carbonyl (C=O) groups is 2. The number of nitrogens with one attached hydrogen (secondary N) is 1. The average Bonchev–Trinajstić information content (AvgIpc) is 2.86. The smallest absolute Gasteiger partial charge is 0.289 e. The summed E-state index contributed by atoms with van der Waals surface area (Å²) in [4.78, 5) is 29.4. The minimum absolute atomic E-state index is 0.0590. The molecule has 0 spiro atoms. The van der Waals surface area contributed by atoms with E-state index in [1.807, 2.05) is 6.92 Å². The van der Waals surface area contributed by atoms with Gasteiger partial charge in [0.1, 0.15) is 6.04 Å². The molecule has 0 bridgehead atoms. The number of hydrogen-bond acceptors (Lipinski definition) is 4. The fraction of sp³-hybridized carbons (Fsp3) is 0.583. The number of likely N-dealkylation sites (tertiary alicyclic amines) is 1. The maximum Gasteiger partial charge on any atom is 0.289 e. The highest BCUT2D eigenvalue weighted by Gasteiger charge is 2.31. The Bertz CT molecular complexity index is 481. The van der Waals surface area contributed by atoms with E-state index in [0.29, 0.717) is 31.0 Å². The lowest BCUT2D eigenvalue weighted by Gasteiger charge is -2.11. The lowest BCUT2D eigenvalue weighted by atomic mass is 10.2. The molecular formula is C12H17N3O3. The van der Waals surface area contributed by atoms with E-state index in [4.69, 9.17) is 4.42 Å². The highest BCUT2D eigenvalue weighted by Crippen LogP contribution is 2.13. The van der Waals surface area contributed by atoms with Crippen LogP contribution >= 0.6 is 0 Å². The van der Waals surface area contributed by atoms with E-state index >= 15 is 0 Å². The Morgan fingerprint density at radius 3 is 2.83 bits per heavy atom. The topological polar surface area (TPSA) is 75.4 Å². The molecule has 2 rings (SSSR count). The fourth-order valence-corrected chi connectivity index (χ4v) is 1.99. The fourth-order valence-electron chi connectivity index (χ4n) is 1.99. The maximum absolute atomic E-state index is 12.0. The van der Waals surface area contributed by atoms with Crippen LogP contribution in [0.3, 0.4) is 0 Å². The van der Waals surface area contributed by atoms with Crippen molar-refractivity contribution < 1.29 is 14.0 Å². The van der Waals surface area contributed by atoms with Crippen molar-refractivity contribution in [2.24, 2.45) is 0 Å². The van der Waals surface area contributed by atoms with Gasteiger partial charge in [-0.1, -0.05) is 6.92 Å². The summed E-state index contributed by atoms with van der Waals surface area (Å²) in [5.74, 6) is 0.311. The number of hydrogen-bond donors (Lipinski definition) is 1. The lowest BCUT2D eigenvalue weighted by Crippen LogP contribution is -2.40. The number of aryl methyl sites for hydroxylation is 2. The third-order valence-electron chi connectivity index (χ3n) is 3.08. The van der Waals surface area contributed by atoms with Crippen molar-refractivity contribution in [3.63, 3.8) is 0 Å². The first-order valence-electron chi connectivity index (χ1n) is 6.05. The molecule has 0 aliphatic carbocycles. The average molecular weight is 251 g/mol. The van der Waals surface area contributed by atoms with Crippen molar-refractivity contribution in [2.75, 3.05) is 13.6 Å². The summed E-state index contributed by atoms with van der Waals surface area (Å²) in [6.07, 6.45) is 1.27. The zero-order valence-corrected chi connectivity index (χ0v) is 10.8. The lowest BCUT2D eigenvalue weighted by molar-refractivity contribution is -0.128. The number of likely N-dealkylation sites (N-methyl/N-ethyl adjacent to an activating group) is 1. The number of aromatic nitrogens is 1. The Balaban J connectivity index is 2.08. The van der Waals surface area contributed by atoms with Crippen LogP contribution in [0.1, 0.15) is 35.5 Å². The van der Waals surface area contributed by atoms with Crippen molar-refractivity contribution in [3.8, 4) is 0 Å². The first kappa shape index (κ1) is 12.6. The van der Waals surface area contributed by atoms with E-state index in [1.54, 1.807) is 18.9 Å². The van der Waals surface area contributed by atoms with Crippen LogP contribution < -0.4 is 5.32 Å². The van der Waals surface area contributed by atoms with Gasteiger partial charge in [-0.25, -0.2) is 4.98 Å². The monoisotopic (exact) mass is 251 g/mol. The molecule has 1 aliphatic rings. The van der Waals surface area contributed by atoms with E-state index in [9.17, 15) is 9.59 Å². The number of amides is 2. The Labute approximate surface area is 105 Å². The predicted molar refractivity (Wildman–Crippen MR) is 64.1 cm³/mol. The Kier molecular flexibility index (Phi) is 3.36. The van der Waals surface area contributed by atoms with Crippen LogP contribution in [0.15, 0.2) is 4.42 Å². The van der Waals surface area contributed by atoms with Crippen LogP contribution in [0.2, 0.25) is 0 Å². The van der Waals surface area contributed by atoms with E-state index in [0.717, 1.165) is 0 Å². The molecule has 1 aromatic rings. The van der Waals surface area contributed by atoms with Crippen molar-refractivity contribution in [3.05, 3.63) is 17.3 Å². The predicted octanol–water partition coefficient (Wildman–Crippen LogP) is 0.506. The molecule has 2 amide bonds. The normalized spacial score (nSPS) is 19.4. The number of carbonyl (C=O) groups excluding carboxylic acids is 2. The van der Waals surface area contributed by atoms with Gasteiger partial charge in [-0.05, 0) is 13.3 Å². The van der Waals surface area contributed by atoms with E-state index in [-0.39, 0.29) is 17.6 Å². The summed E-state index contributed by atoms with van der Waals surface area (Å²) in [7, 11) is 1.73. The molecule has 1 N–H and O–H groups in total. The molecule has 1 aromatic heterocycles. The summed E-state index contributed by atoms with van der Waals surface area (Å²) >= 11 is 0. The zero-order valence-electron chi connectivity index (χ0n) is 10.8. The van der Waals surface area contributed by atoms with Crippen LogP contribution in [-0.4, -0.2) is 41.3 Å². The van der Waals surface area contributed by atoms with Gasteiger partial charge in [-0.15, -0.1) is 0 Å². The minimum atomic E-state index is -0.447. The van der Waals surface area contributed by atoms with Gasteiger partial charge in [-0.2, -0.15) is 0 Å². The molecule has 0 radical (unpaired) electrons. The summed E-state index contributed by atoms with van der Waals surface area (Å²) < 4.78 is 5.35. The SMILES string of the molecule is CCc1nc(C)c(C(=O)NC2CCN(C)C2=O)o1. The molecule has 1 fully saturated rings. The standard InChI is InChI=1S/C12H17N3O3/c1-4-9-13-7(2)10(18-9)11(16)14-8-5-6-15(3)12(8)17/h8H,4-6H2,1-3H3,(H,14,16). The third kappa shape index (κ3) is 2.23. The van der Waals surface area contributed by atoms with Gasteiger partial charge in [0.2, 0.25) is 11.7 Å². The Morgan fingerprint density at radius 2 is 2.33 bits per heavy atom. The molecule has 2 heterocycles. The van der Waals surface area contributed by atoms with E-state index in [1.165, 1.54) is 0 Å². The van der Waals surface area contributed by atoms with Gasteiger partial charge in [-0.3, -0.25) is 9.59 Å². The van der Waals surface area contributed by atoms with Gasteiger partial charge in [0.05, 0.1) is 5.69 Å². The quantitative estimate of drug-likeness (QED) is 0.849. The van der Waals surface area contributed by atoms with Crippen molar-refractivity contribution in [2.45, 2.75) is 32.7 Å². The Hall–Kier alpha value is -1.85. The van der Waals surface area contributed by atoms with Crippen LogP contribution in [0.4, 0.5) is 0 Å². The van der Waals surface area contributed by atoms with Crippen molar-refractivity contribution in [1.29, 1.82) is 0 Å². The second kappa shape index (κ2) is 4.80. The van der Waals surface area contributed by atoms with Gasteiger partial charge in [0.15, 0.2) is 5.89 Å². The van der Waals surface area contributed by atoms with Crippen LogP contribution in [-0.2, 0) is 11.2 Å². The molecule has 1 atom stereocenters. The molecular weight excluding hydrogens is 234 g/mol. The summed E-state index contributed by atoms with van der Waals surface area (Å²) in [6, 6.07) is -0.447. The number of rotatable bonds is 3. The highest BCUT2D eigenvalue weighted by molar-refractivity contribution is 5.96. The molecule has 6 nitrogen and oxygen atoms in total. The molecule has 1 saturated heterocycles. The van der Waals surface area contributed by atoms with Crippen LogP contribution in [0.25, 0.3) is 0 Å². The van der Waals surface area contributed by atoms with Gasteiger partial charge < -0.3 is 14.6 Å². The largest absolute Gasteiger partial charge is 0.435 e. The minimum Gasteiger partial charge on any atom is -0.435 e. The number of oxazole rings is 1. The molecule has 1 aliphatic heterocycles. The third-order valence-corrected chi connectivity index (χ3v) is 3.08. The molecule has 1 unspecified atom stereocenters. The summed E-state index contributed by atoms with van der Waals surface area (Å²) in [6.45, 7) is 4.29. The molecule has 98 valence electrons. The molecule has 0 aromatic carbocycles. The summed E-state index contributed by atoms with van der Waals surface area (Å²) in [5.41, 5.74) is 0.558. The highest BCUT2D eigenvalue weighted by atomic mass is 16.4. The summed E-state index contributed by atoms with van der Waals surface area (Å²) in [5, 5.41) is 2.69. The van der Waals surface area contributed by atoms with Crippen LogP contribution in [0.5, 0.6) is 0 Å². The van der Waals surface area contributed by atoms with Crippen molar-refractivity contribution >= 4 is 11.8 Å².